The number of carbonyl (C=O) groups is 2. The minimum Gasteiger partial charge on any atom is -0.378 e. The summed E-state index contributed by atoms with van der Waals surface area (Å²) in [7, 11) is 3.92. The Morgan fingerprint density at radius 2 is 2.14 bits per heavy atom. The van der Waals surface area contributed by atoms with Crippen LogP contribution in [0.3, 0.4) is 0 Å². The van der Waals surface area contributed by atoms with Gasteiger partial charge in [-0.25, -0.2) is 4.79 Å². The molecule has 152 valence electrons. The van der Waals surface area contributed by atoms with Crippen LogP contribution >= 0.6 is 0 Å². The van der Waals surface area contributed by atoms with Gasteiger partial charge < -0.3 is 25.2 Å². The first-order chi connectivity index (χ1) is 13.4. The average Bonchev–Trinajstić information content (AvgIpc) is 3.35. The van der Waals surface area contributed by atoms with Crippen LogP contribution in [0.2, 0.25) is 0 Å². The minimum atomic E-state index is -0.212. The van der Waals surface area contributed by atoms with Crippen LogP contribution in [-0.2, 0) is 4.74 Å². The highest BCUT2D eigenvalue weighted by Crippen LogP contribution is 2.54. The van der Waals surface area contributed by atoms with Crippen LogP contribution in [0.5, 0.6) is 0 Å². The Bertz CT molecular complexity index is 768. The fourth-order valence-electron chi connectivity index (χ4n) is 5.12. The van der Waals surface area contributed by atoms with Gasteiger partial charge in [-0.15, -0.1) is 0 Å². The number of ether oxygens (including phenoxy) is 1. The van der Waals surface area contributed by atoms with Crippen molar-refractivity contribution >= 4 is 17.6 Å². The molecule has 7 nitrogen and oxygen atoms in total. The molecule has 7 heteroatoms. The first kappa shape index (κ1) is 19.1. The SMILES string of the molecule is CCNC(=O)N1C[C@@H]2[C@H](CNC(=O)c3cccc(N(C)C)c3)[C@H]3CC[C@]2(C1)O3. The molecule has 3 amide bonds. The van der Waals surface area contributed by atoms with Crippen molar-refractivity contribution in [3.63, 3.8) is 0 Å². The number of nitrogens with one attached hydrogen (secondary N) is 2. The van der Waals surface area contributed by atoms with Crippen LogP contribution in [0.25, 0.3) is 0 Å². The van der Waals surface area contributed by atoms with Crippen molar-refractivity contribution in [3.05, 3.63) is 29.8 Å². The highest BCUT2D eigenvalue weighted by Gasteiger charge is 2.63. The summed E-state index contributed by atoms with van der Waals surface area (Å²) in [4.78, 5) is 28.8. The van der Waals surface area contributed by atoms with Gasteiger partial charge in [0, 0.05) is 56.8 Å². The monoisotopic (exact) mass is 386 g/mol. The molecule has 0 unspecified atom stereocenters. The first-order valence-corrected chi connectivity index (χ1v) is 10.2. The lowest BCUT2D eigenvalue weighted by Gasteiger charge is -2.29. The van der Waals surface area contributed by atoms with E-state index in [0.717, 1.165) is 18.5 Å². The molecule has 2 bridgehead atoms. The summed E-state index contributed by atoms with van der Waals surface area (Å²) in [6.45, 7) is 4.51. The van der Waals surface area contributed by atoms with E-state index in [0.29, 0.717) is 37.7 Å². The Morgan fingerprint density at radius 1 is 1.32 bits per heavy atom. The number of rotatable bonds is 5. The summed E-state index contributed by atoms with van der Waals surface area (Å²) in [6, 6.07) is 7.62. The highest BCUT2D eigenvalue weighted by atomic mass is 16.5. The van der Waals surface area contributed by atoms with E-state index in [4.69, 9.17) is 4.74 Å². The van der Waals surface area contributed by atoms with Gasteiger partial charge in [-0.2, -0.15) is 0 Å². The maximum atomic E-state index is 12.7. The zero-order chi connectivity index (χ0) is 19.9. The molecule has 0 saturated carbocycles. The van der Waals surface area contributed by atoms with Crippen molar-refractivity contribution in [1.29, 1.82) is 0 Å². The molecule has 0 aromatic heterocycles. The number of urea groups is 1. The molecule has 0 radical (unpaired) electrons. The van der Waals surface area contributed by atoms with Crippen LogP contribution in [0.4, 0.5) is 10.5 Å². The smallest absolute Gasteiger partial charge is 0.317 e. The maximum Gasteiger partial charge on any atom is 0.317 e. The van der Waals surface area contributed by atoms with Gasteiger partial charge in [0.2, 0.25) is 0 Å². The van der Waals surface area contributed by atoms with Crippen molar-refractivity contribution in [2.75, 3.05) is 45.2 Å². The third-order valence-electron chi connectivity index (χ3n) is 6.52. The van der Waals surface area contributed by atoms with Gasteiger partial charge in [0.25, 0.3) is 5.91 Å². The van der Waals surface area contributed by atoms with Crippen LogP contribution in [0, 0.1) is 11.8 Å². The van der Waals surface area contributed by atoms with Crippen molar-refractivity contribution < 1.29 is 14.3 Å². The van der Waals surface area contributed by atoms with E-state index in [2.05, 4.69) is 10.6 Å². The Labute approximate surface area is 166 Å². The third-order valence-corrected chi connectivity index (χ3v) is 6.52. The van der Waals surface area contributed by atoms with Gasteiger partial charge in [-0.05, 0) is 38.0 Å². The molecule has 3 fully saturated rings. The lowest BCUT2D eigenvalue weighted by molar-refractivity contribution is 0.00555. The van der Waals surface area contributed by atoms with Gasteiger partial charge in [-0.1, -0.05) is 6.07 Å². The summed E-state index contributed by atoms with van der Waals surface area (Å²) in [5, 5.41) is 6.00. The van der Waals surface area contributed by atoms with Crippen molar-refractivity contribution in [2.24, 2.45) is 11.8 Å². The molecule has 28 heavy (non-hydrogen) atoms. The molecule has 2 N–H and O–H groups in total. The molecule has 1 spiro atoms. The van der Waals surface area contributed by atoms with Crippen LogP contribution < -0.4 is 15.5 Å². The zero-order valence-electron chi connectivity index (χ0n) is 16.9. The maximum absolute atomic E-state index is 12.7. The largest absolute Gasteiger partial charge is 0.378 e. The Morgan fingerprint density at radius 3 is 2.89 bits per heavy atom. The second-order valence-electron chi connectivity index (χ2n) is 8.40. The number of hydrogen-bond acceptors (Lipinski definition) is 4. The van der Waals surface area contributed by atoms with Gasteiger partial charge >= 0.3 is 6.03 Å². The summed E-state index contributed by atoms with van der Waals surface area (Å²) in [5.41, 5.74) is 1.46. The van der Waals surface area contributed by atoms with Crippen LogP contribution in [-0.4, -0.2) is 68.8 Å². The third kappa shape index (κ3) is 3.21. The lowest BCUT2D eigenvalue weighted by Crippen LogP contribution is -2.41. The quantitative estimate of drug-likeness (QED) is 0.808. The second-order valence-corrected chi connectivity index (χ2v) is 8.40. The fraction of sp³-hybridized carbons (Fsp3) is 0.619. The number of anilines is 1. The molecule has 0 aliphatic carbocycles. The van der Waals surface area contributed by atoms with Gasteiger partial charge in [0.1, 0.15) is 0 Å². The predicted molar refractivity (Wildman–Crippen MR) is 108 cm³/mol. The van der Waals surface area contributed by atoms with E-state index < -0.39 is 0 Å². The summed E-state index contributed by atoms with van der Waals surface area (Å²) < 4.78 is 6.36. The second kappa shape index (κ2) is 7.28. The Balaban J connectivity index is 1.41. The number of carbonyl (C=O) groups excluding carboxylic acids is 2. The highest BCUT2D eigenvalue weighted by molar-refractivity contribution is 5.95. The van der Waals surface area contributed by atoms with Crippen molar-refractivity contribution in [3.8, 4) is 0 Å². The van der Waals surface area contributed by atoms with Crippen molar-refractivity contribution in [2.45, 2.75) is 31.5 Å². The fourth-order valence-corrected chi connectivity index (χ4v) is 5.12. The van der Waals surface area contributed by atoms with Gasteiger partial charge in [-0.3, -0.25) is 4.79 Å². The molecule has 4 rings (SSSR count). The normalized spacial score (nSPS) is 30.2. The number of hydrogen-bond donors (Lipinski definition) is 2. The summed E-state index contributed by atoms with van der Waals surface area (Å²) in [5.74, 6) is 0.496. The van der Waals surface area contributed by atoms with E-state index in [9.17, 15) is 9.59 Å². The van der Waals surface area contributed by atoms with E-state index in [1.54, 1.807) is 0 Å². The lowest BCUT2D eigenvalue weighted by atomic mass is 9.73. The molecule has 1 aromatic carbocycles. The summed E-state index contributed by atoms with van der Waals surface area (Å²) >= 11 is 0. The molecular weight excluding hydrogens is 356 g/mol. The van der Waals surface area contributed by atoms with Crippen LogP contribution in [0.15, 0.2) is 24.3 Å². The van der Waals surface area contributed by atoms with Gasteiger partial charge in [0.15, 0.2) is 0 Å². The molecule has 3 aliphatic heterocycles. The topological polar surface area (TPSA) is 73.9 Å². The Hall–Kier alpha value is -2.28. The number of amides is 3. The molecule has 3 heterocycles. The molecule has 3 saturated heterocycles. The molecule has 3 aliphatic rings. The first-order valence-electron chi connectivity index (χ1n) is 10.2. The zero-order valence-corrected chi connectivity index (χ0v) is 16.9. The molecule has 1 aromatic rings. The standard InChI is InChI=1S/C21H30N4O3/c1-4-22-20(27)25-12-17-16(18-8-9-21(17,13-25)28-18)11-23-19(26)14-6-5-7-15(10-14)24(2)3/h5-7,10,16-18H,4,8-9,11-13H2,1-3H3,(H,22,27)(H,23,26)/t16-,17+,18+,21+/m0/s1. The predicted octanol–water partition coefficient (Wildman–Crippen LogP) is 1.69. The summed E-state index contributed by atoms with van der Waals surface area (Å²) in [6.07, 6.45) is 2.21. The van der Waals surface area contributed by atoms with E-state index >= 15 is 0 Å². The van der Waals surface area contributed by atoms with Crippen LogP contribution in [0.1, 0.15) is 30.1 Å². The average molecular weight is 386 g/mol. The van der Waals surface area contributed by atoms with E-state index in [1.807, 2.05) is 55.1 Å². The molecule has 4 atom stereocenters. The van der Waals surface area contributed by atoms with Gasteiger partial charge in [0.05, 0.1) is 18.2 Å². The number of benzene rings is 1. The van der Waals surface area contributed by atoms with E-state index in [1.165, 1.54) is 0 Å². The number of fused-ring (bicyclic) bond motifs is 1. The van der Waals surface area contributed by atoms with E-state index in [-0.39, 0.29) is 29.6 Å². The minimum absolute atomic E-state index is 0.0124. The Kier molecular flexibility index (Phi) is 4.95. The molecular formula is C21H30N4O3. The number of nitrogens with zero attached hydrogens (tertiary/aromatic N) is 2. The van der Waals surface area contributed by atoms with Crippen molar-refractivity contribution in [1.82, 2.24) is 15.5 Å². The number of likely N-dealkylation sites (tertiary alicyclic amines) is 1.